The Labute approximate surface area is 120 Å². The summed E-state index contributed by atoms with van der Waals surface area (Å²) >= 11 is 0. The molecule has 0 radical (unpaired) electrons. The molecule has 0 bridgehead atoms. The molecule has 0 aliphatic rings. The van der Waals surface area contributed by atoms with Crippen molar-refractivity contribution in [2.45, 2.75) is 39.5 Å². The van der Waals surface area contributed by atoms with E-state index in [4.69, 9.17) is 4.74 Å². The molecule has 1 rings (SSSR count). The standard InChI is InChI=1S/C15H24N2O3/c1-11(2)17(9-12(3)18)15(19)16-14-8-6-5-7-13(14)10-20-4/h5-8,11-12,18H,9-10H2,1-4H3,(H,16,19). The molecule has 5 nitrogen and oxygen atoms in total. The Morgan fingerprint density at radius 1 is 1.35 bits per heavy atom. The molecule has 5 heteroatoms. The lowest BCUT2D eigenvalue weighted by Crippen LogP contribution is -2.43. The Morgan fingerprint density at radius 3 is 2.55 bits per heavy atom. The summed E-state index contributed by atoms with van der Waals surface area (Å²) in [6, 6.07) is 7.31. The van der Waals surface area contributed by atoms with Crippen LogP contribution in [0.2, 0.25) is 0 Å². The molecule has 1 unspecified atom stereocenters. The topological polar surface area (TPSA) is 61.8 Å². The Kier molecular flexibility index (Phi) is 6.48. The van der Waals surface area contributed by atoms with Crippen molar-refractivity contribution in [3.8, 4) is 0 Å². The number of benzene rings is 1. The van der Waals surface area contributed by atoms with Crippen molar-refractivity contribution >= 4 is 11.7 Å². The molecule has 1 atom stereocenters. The lowest BCUT2D eigenvalue weighted by atomic mass is 10.2. The third-order valence-corrected chi connectivity index (χ3v) is 2.90. The Bertz CT molecular complexity index is 433. The Hall–Kier alpha value is -1.59. The van der Waals surface area contributed by atoms with Gasteiger partial charge in [0.25, 0.3) is 0 Å². The predicted molar refractivity (Wildman–Crippen MR) is 79.7 cm³/mol. The number of nitrogens with one attached hydrogen (secondary N) is 1. The number of rotatable bonds is 6. The first kappa shape index (κ1) is 16.5. The maximum Gasteiger partial charge on any atom is 0.322 e. The van der Waals surface area contributed by atoms with Crippen LogP contribution in [0.25, 0.3) is 0 Å². The van der Waals surface area contributed by atoms with Crippen LogP contribution in [-0.4, -0.2) is 41.8 Å². The fraction of sp³-hybridized carbons (Fsp3) is 0.533. The second-order valence-electron chi connectivity index (χ2n) is 5.12. The molecule has 0 saturated heterocycles. The highest BCUT2D eigenvalue weighted by atomic mass is 16.5. The van der Waals surface area contributed by atoms with Crippen molar-refractivity contribution in [1.29, 1.82) is 0 Å². The molecule has 0 aliphatic heterocycles. The van der Waals surface area contributed by atoms with E-state index in [1.54, 1.807) is 18.9 Å². The molecular weight excluding hydrogens is 256 g/mol. The summed E-state index contributed by atoms with van der Waals surface area (Å²) in [5, 5.41) is 12.4. The van der Waals surface area contributed by atoms with E-state index in [-0.39, 0.29) is 12.1 Å². The number of carbonyl (C=O) groups is 1. The zero-order chi connectivity index (χ0) is 15.1. The number of urea groups is 1. The van der Waals surface area contributed by atoms with E-state index in [2.05, 4.69) is 5.32 Å². The van der Waals surface area contributed by atoms with Crippen molar-refractivity contribution in [3.05, 3.63) is 29.8 Å². The highest BCUT2D eigenvalue weighted by Gasteiger charge is 2.19. The number of anilines is 1. The fourth-order valence-corrected chi connectivity index (χ4v) is 1.92. The van der Waals surface area contributed by atoms with Gasteiger partial charge in [0.1, 0.15) is 0 Å². The van der Waals surface area contributed by atoms with Crippen LogP contribution >= 0.6 is 0 Å². The van der Waals surface area contributed by atoms with Crippen molar-refractivity contribution in [1.82, 2.24) is 4.90 Å². The first-order valence-electron chi connectivity index (χ1n) is 6.78. The SMILES string of the molecule is COCc1ccccc1NC(=O)N(CC(C)O)C(C)C. The molecule has 0 spiro atoms. The van der Waals surface area contributed by atoms with Gasteiger partial charge in [-0.05, 0) is 26.8 Å². The quantitative estimate of drug-likeness (QED) is 0.841. The highest BCUT2D eigenvalue weighted by Crippen LogP contribution is 2.17. The minimum absolute atomic E-state index is 0.0131. The van der Waals surface area contributed by atoms with Crippen LogP contribution in [0, 0.1) is 0 Å². The van der Waals surface area contributed by atoms with Gasteiger partial charge in [-0.25, -0.2) is 4.79 Å². The molecule has 2 N–H and O–H groups in total. The minimum Gasteiger partial charge on any atom is -0.392 e. The predicted octanol–water partition coefficient (Wildman–Crippen LogP) is 2.46. The molecule has 112 valence electrons. The van der Waals surface area contributed by atoms with Crippen LogP contribution in [-0.2, 0) is 11.3 Å². The van der Waals surface area contributed by atoms with E-state index in [1.807, 2.05) is 38.1 Å². The summed E-state index contributed by atoms with van der Waals surface area (Å²) in [6.07, 6.45) is -0.558. The van der Waals surface area contributed by atoms with E-state index in [1.165, 1.54) is 0 Å². The van der Waals surface area contributed by atoms with Crippen molar-refractivity contribution in [3.63, 3.8) is 0 Å². The number of para-hydroxylation sites is 1. The van der Waals surface area contributed by atoms with Crippen LogP contribution in [0.3, 0.4) is 0 Å². The largest absolute Gasteiger partial charge is 0.392 e. The molecule has 0 aliphatic carbocycles. The van der Waals surface area contributed by atoms with Gasteiger partial charge < -0.3 is 20.1 Å². The first-order valence-corrected chi connectivity index (χ1v) is 6.78. The molecule has 0 heterocycles. The molecule has 0 aromatic heterocycles. The molecular formula is C15H24N2O3. The normalized spacial score (nSPS) is 12.3. The number of hydrogen-bond donors (Lipinski definition) is 2. The average Bonchev–Trinajstić information content (AvgIpc) is 2.38. The maximum absolute atomic E-state index is 12.3. The minimum atomic E-state index is -0.558. The van der Waals surface area contributed by atoms with Crippen LogP contribution in [0.5, 0.6) is 0 Å². The Balaban J connectivity index is 2.82. The Morgan fingerprint density at radius 2 is 2.00 bits per heavy atom. The van der Waals surface area contributed by atoms with Gasteiger partial charge in [-0.15, -0.1) is 0 Å². The number of methoxy groups -OCH3 is 1. The smallest absolute Gasteiger partial charge is 0.322 e. The number of hydrogen-bond acceptors (Lipinski definition) is 3. The molecule has 1 aromatic carbocycles. The van der Waals surface area contributed by atoms with Gasteiger partial charge >= 0.3 is 6.03 Å². The van der Waals surface area contributed by atoms with Crippen LogP contribution in [0.1, 0.15) is 26.3 Å². The summed E-state index contributed by atoms with van der Waals surface area (Å²) in [5.41, 5.74) is 1.65. The lowest BCUT2D eigenvalue weighted by molar-refractivity contribution is 0.125. The summed E-state index contributed by atoms with van der Waals surface area (Å²) < 4.78 is 5.12. The second-order valence-corrected chi connectivity index (χ2v) is 5.12. The van der Waals surface area contributed by atoms with Crippen molar-refractivity contribution in [2.75, 3.05) is 19.0 Å². The average molecular weight is 280 g/mol. The van der Waals surface area contributed by atoms with Gasteiger partial charge in [-0.2, -0.15) is 0 Å². The molecule has 2 amide bonds. The van der Waals surface area contributed by atoms with Crippen LogP contribution < -0.4 is 5.32 Å². The lowest BCUT2D eigenvalue weighted by Gasteiger charge is -2.28. The third kappa shape index (κ3) is 4.83. The third-order valence-electron chi connectivity index (χ3n) is 2.90. The van der Waals surface area contributed by atoms with Crippen LogP contribution in [0.4, 0.5) is 10.5 Å². The molecule has 1 aromatic rings. The number of ether oxygens (including phenoxy) is 1. The molecule has 0 fully saturated rings. The maximum atomic E-state index is 12.3. The summed E-state index contributed by atoms with van der Waals surface area (Å²) in [4.78, 5) is 13.9. The first-order chi connectivity index (χ1) is 9.45. The van der Waals surface area contributed by atoms with E-state index >= 15 is 0 Å². The zero-order valence-corrected chi connectivity index (χ0v) is 12.6. The summed E-state index contributed by atoms with van der Waals surface area (Å²) in [7, 11) is 1.62. The monoisotopic (exact) mass is 280 g/mol. The van der Waals surface area contributed by atoms with Gasteiger partial charge in [0.05, 0.1) is 12.7 Å². The zero-order valence-electron chi connectivity index (χ0n) is 12.6. The van der Waals surface area contributed by atoms with E-state index < -0.39 is 6.10 Å². The van der Waals surface area contributed by atoms with E-state index in [9.17, 15) is 9.90 Å². The number of aliphatic hydroxyl groups excluding tert-OH is 1. The second kappa shape index (κ2) is 7.87. The number of nitrogens with zero attached hydrogens (tertiary/aromatic N) is 1. The highest BCUT2D eigenvalue weighted by molar-refractivity contribution is 5.90. The van der Waals surface area contributed by atoms with Gasteiger partial charge in [-0.1, -0.05) is 18.2 Å². The molecule has 0 saturated carbocycles. The van der Waals surface area contributed by atoms with Gasteiger partial charge in [0.2, 0.25) is 0 Å². The number of carbonyl (C=O) groups excluding carboxylic acids is 1. The van der Waals surface area contributed by atoms with Gasteiger partial charge in [0, 0.05) is 30.9 Å². The van der Waals surface area contributed by atoms with Crippen molar-refractivity contribution in [2.24, 2.45) is 0 Å². The van der Waals surface area contributed by atoms with Gasteiger partial charge in [0.15, 0.2) is 0 Å². The molecule has 20 heavy (non-hydrogen) atoms. The van der Waals surface area contributed by atoms with Crippen LogP contribution in [0.15, 0.2) is 24.3 Å². The van der Waals surface area contributed by atoms with Crippen molar-refractivity contribution < 1.29 is 14.6 Å². The summed E-state index contributed by atoms with van der Waals surface area (Å²) in [6.45, 7) is 6.25. The fourth-order valence-electron chi connectivity index (χ4n) is 1.92. The summed E-state index contributed by atoms with van der Waals surface area (Å²) in [5.74, 6) is 0. The van der Waals surface area contributed by atoms with Gasteiger partial charge in [-0.3, -0.25) is 0 Å². The van der Waals surface area contributed by atoms with E-state index in [0.717, 1.165) is 11.3 Å². The van der Waals surface area contributed by atoms with E-state index in [0.29, 0.717) is 13.2 Å². The number of aliphatic hydroxyl groups is 1. The number of amides is 2.